The summed E-state index contributed by atoms with van der Waals surface area (Å²) in [5.41, 5.74) is 1.89. The van der Waals surface area contributed by atoms with E-state index in [2.05, 4.69) is 4.72 Å². The number of nitrogens with one attached hydrogen (secondary N) is 1. The molecule has 18 heavy (non-hydrogen) atoms. The van der Waals surface area contributed by atoms with Gasteiger partial charge in [0.1, 0.15) is 11.5 Å². The van der Waals surface area contributed by atoms with Gasteiger partial charge in [0.2, 0.25) is 10.0 Å². The zero-order valence-electron chi connectivity index (χ0n) is 11.1. The summed E-state index contributed by atoms with van der Waals surface area (Å²) >= 11 is 0. The van der Waals surface area contributed by atoms with Crippen molar-refractivity contribution in [1.29, 1.82) is 0 Å². The van der Waals surface area contributed by atoms with E-state index in [0.717, 1.165) is 28.9 Å². The molecule has 0 radical (unpaired) electrons. The third-order valence-corrected chi connectivity index (χ3v) is 3.28. The Morgan fingerprint density at radius 1 is 1.17 bits per heavy atom. The number of methoxy groups -OCH3 is 2. The summed E-state index contributed by atoms with van der Waals surface area (Å²) in [5.74, 6) is 1.51. The molecule has 0 saturated carbocycles. The summed E-state index contributed by atoms with van der Waals surface area (Å²) in [6.45, 7) is 2.27. The molecule has 0 aromatic heterocycles. The van der Waals surface area contributed by atoms with E-state index in [-0.39, 0.29) is 0 Å². The van der Waals surface area contributed by atoms with E-state index in [0.29, 0.717) is 13.0 Å². The van der Waals surface area contributed by atoms with Crippen molar-refractivity contribution in [2.45, 2.75) is 13.3 Å². The largest absolute Gasteiger partial charge is 0.496 e. The maximum atomic E-state index is 11.0. The number of ether oxygens (including phenoxy) is 2. The fourth-order valence-corrected chi connectivity index (χ4v) is 2.15. The topological polar surface area (TPSA) is 64.6 Å². The Bertz CT molecular complexity index is 511. The molecule has 0 aliphatic carbocycles. The second-order valence-electron chi connectivity index (χ2n) is 4.05. The molecular formula is C12H19NO4S. The SMILES string of the molecule is COc1cc(CCNS(C)(=O)=O)c(OC)cc1C. The van der Waals surface area contributed by atoms with Gasteiger partial charge >= 0.3 is 0 Å². The average Bonchev–Trinajstić information content (AvgIpc) is 2.28. The predicted molar refractivity (Wildman–Crippen MR) is 70.8 cm³/mol. The van der Waals surface area contributed by atoms with E-state index in [1.54, 1.807) is 14.2 Å². The summed E-state index contributed by atoms with van der Waals surface area (Å²) in [6.07, 6.45) is 1.69. The lowest BCUT2D eigenvalue weighted by molar-refractivity contribution is 0.396. The minimum absolute atomic E-state index is 0.335. The van der Waals surface area contributed by atoms with Gasteiger partial charge in [-0.1, -0.05) is 0 Å². The van der Waals surface area contributed by atoms with Crippen molar-refractivity contribution in [2.75, 3.05) is 27.0 Å². The lowest BCUT2D eigenvalue weighted by Crippen LogP contribution is -2.24. The van der Waals surface area contributed by atoms with Gasteiger partial charge in [0.05, 0.1) is 20.5 Å². The smallest absolute Gasteiger partial charge is 0.208 e. The van der Waals surface area contributed by atoms with Crippen molar-refractivity contribution in [1.82, 2.24) is 4.72 Å². The van der Waals surface area contributed by atoms with E-state index in [1.807, 2.05) is 19.1 Å². The number of hydrogen-bond donors (Lipinski definition) is 1. The second kappa shape index (κ2) is 6.06. The van der Waals surface area contributed by atoms with Crippen LogP contribution in [-0.4, -0.2) is 35.4 Å². The van der Waals surface area contributed by atoms with E-state index in [9.17, 15) is 8.42 Å². The average molecular weight is 273 g/mol. The van der Waals surface area contributed by atoms with Crippen LogP contribution < -0.4 is 14.2 Å². The summed E-state index contributed by atoms with van der Waals surface area (Å²) in [7, 11) is 0.0368. The zero-order valence-corrected chi connectivity index (χ0v) is 11.9. The summed E-state index contributed by atoms with van der Waals surface area (Å²) in [5, 5.41) is 0. The molecule has 0 aliphatic rings. The first-order chi connectivity index (χ1) is 8.37. The Morgan fingerprint density at radius 3 is 2.28 bits per heavy atom. The third kappa shape index (κ3) is 4.19. The first kappa shape index (κ1) is 14.8. The fourth-order valence-electron chi connectivity index (χ4n) is 1.68. The summed E-state index contributed by atoms with van der Waals surface area (Å²) in [6, 6.07) is 3.76. The first-order valence-corrected chi connectivity index (χ1v) is 7.42. The van der Waals surface area contributed by atoms with Crippen LogP contribution in [0, 0.1) is 6.92 Å². The molecule has 0 atom stereocenters. The van der Waals surface area contributed by atoms with Crippen LogP contribution in [0.2, 0.25) is 0 Å². The standard InChI is InChI=1S/C12H19NO4S/c1-9-7-12(17-3)10(8-11(9)16-2)5-6-13-18(4,14)15/h7-8,13H,5-6H2,1-4H3. The van der Waals surface area contributed by atoms with Crippen LogP contribution in [0.3, 0.4) is 0 Å². The maximum absolute atomic E-state index is 11.0. The Morgan fingerprint density at radius 2 is 1.78 bits per heavy atom. The molecule has 1 rings (SSSR count). The highest BCUT2D eigenvalue weighted by Gasteiger charge is 2.09. The molecule has 0 spiro atoms. The normalized spacial score (nSPS) is 11.3. The third-order valence-electron chi connectivity index (χ3n) is 2.56. The number of benzene rings is 1. The molecule has 0 aliphatic heterocycles. The molecule has 6 heteroatoms. The highest BCUT2D eigenvalue weighted by Crippen LogP contribution is 2.28. The minimum Gasteiger partial charge on any atom is -0.496 e. The number of aryl methyl sites for hydroxylation is 1. The molecule has 0 unspecified atom stereocenters. The molecule has 5 nitrogen and oxygen atoms in total. The highest BCUT2D eigenvalue weighted by atomic mass is 32.2. The molecule has 0 heterocycles. The number of hydrogen-bond acceptors (Lipinski definition) is 4. The van der Waals surface area contributed by atoms with Crippen molar-refractivity contribution in [3.63, 3.8) is 0 Å². The van der Waals surface area contributed by atoms with Crippen molar-refractivity contribution in [2.24, 2.45) is 0 Å². The predicted octanol–water partition coefficient (Wildman–Crippen LogP) is 1.10. The molecule has 0 amide bonds. The van der Waals surface area contributed by atoms with Crippen LogP contribution in [0.25, 0.3) is 0 Å². The van der Waals surface area contributed by atoms with Crippen LogP contribution in [0.1, 0.15) is 11.1 Å². The molecule has 1 N–H and O–H groups in total. The minimum atomic E-state index is -3.16. The zero-order chi connectivity index (χ0) is 13.8. The van der Waals surface area contributed by atoms with Crippen molar-refractivity contribution >= 4 is 10.0 Å². The highest BCUT2D eigenvalue weighted by molar-refractivity contribution is 7.88. The molecule has 0 saturated heterocycles. The first-order valence-electron chi connectivity index (χ1n) is 5.53. The van der Waals surface area contributed by atoms with Gasteiger partial charge in [0.25, 0.3) is 0 Å². The quantitative estimate of drug-likeness (QED) is 0.843. The Labute approximate surface area is 108 Å². The lowest BCUT2D eigenvalue weighted by atomic mass is 10.1. The van der Waals surface area contributed by atoms with E-state index >= 15 is 0 Å². The van der Waals surface area contributed by atoms with Crippen LogP contribution >= 0.6 is 0 Å². The van der Waals surface area contributed by atoms with Gasteiger partial charge in [-0.25, -0.2) is 13.1 Å². The molecule has 102 valence electrons. The Balaban J connectivity index is 2.86. The monoisotopic (exact) mass is 273 g/mol. The molecule has 1 aromatic rings. The maximum Gasteiger partial charge on any atom is 0.208 e. The van der Waals surface area contributed by atoms with Crippen LogP contribution in [0.5, 0.6) is 11.5 Å². The van der Waals surface area contributed by atoms with Gasteiger partial charge in [-0.15, -0.1) is 0 Å². The summed E-state index contributed by atoms with van der Waals surface area (Å²) < 4.78 is 34.9. The van der Waals surface area contributed by atoms with Crippen molar-refractivity contribution < 1.29 is 17.9 Å². The van der Waals surface area contributed by atoms with Gasteiger partial charge in [-0.2, -0.15) is 0 Å². The van der Waals surface area contributed by atoms with Crippen LogP contribution in [0.4, 0.5) is 0 Å². The van der Waals surface area contributed by atoms with Crippen molar-refractivity contribution in [3.05, 3.63) is 23.3 Å². The van der Waals surface area contributed by atoms with Crippen molar-refractivity contribution in [3.8, 4) is 11.5 Å². The lowest BCUT2D eigenvalue weighted by Gasteiger charge is -2.13. The Kier molecular flexibility index (Phi) is 4.98. The van der Waals surface area contributed by atoms with E-state index < -0.39 is 10.0 Å². The van der Waals surface area contributed by atoms with Crippen LogP contribution in [0.15, 0.2) is 12.1 Å². The van der Waals surface area contributed by atoms with E-state index in [1.165, 1.54) is 0 Å². The molecule has 0 bridgehead atoms. The number of sulfonamides is 1. The second-order valence-corrected chi connectivity index (χ2v) is 5.88. The van der Waals surface area contributed by atoms with Gasteiger partial charge in [-0.3, -0.25) is 0 Å². The van der Waals surface area contributed by atoms with Crippen LogP contribution in [-0.2, 0) is 16.4 Å². The number of rotatable bonds is 6. The van der Waals surface area contributed by atoms with Gasteiger partial charge < -0.3 is 9.47 Å². The van der Waals surface area contributed by atoms with E-state index in [4.69, 9.17) is 9.47 Å². The molecule has 1 aromatic carbocycles. The fraction of sp³-hybridized carbons (Fsp3) is 0.500. The molecular weight excluding hydrogens is 254 g/mol. The summed E-state index contributed by atoms with van der Waals surface area (Å²) in [4.78, 5) is 0. The van der Waals surface area contributed by atoms with Gasteiger partial charge in [-0.05, 0) is 36.6 Å². The Hall–Kier alpha value is -1.27. The van der Waals surface area contributed by atoms with Gasteiger partial charge in [0.15, 0.2) is 0 Å². The molecule has 0 fully saturated rings. The van der Waals surface area contributed by atoms with Gasteiger partial charge in [0, 0.05) is 6.54 Å².